The van der Waals surface area contributed by atoms with Gasteiger partial charge in [0, 0.05) is 19.3 Å². The van der Waals surface area contributed by atoms with Crippen LogP contribution in [0.15, 0.2) is 72.9 Å². The summed E-state index contributed by atoms with van der Waals surface area (Å²) in [7, 11) is 0. The molecule has 0 aromatic heterocycles. The van der Waals surface area contributed by atoms with E-state index in [9.17, 15) is 14.4 Å². The van der Waals surface area contributed by atoms with Crippen molar-refractivity contribution in [3.8, 4) is 0 Å². The summed E-state index contributed by atoms with van der Waals surface area (Å²) < 4.78 is 16.7. The van der Waals surface area contributed by atoms with Crippen LogP contribution in [0.4, 0.5) is 0 Å². The number of rotatable bonds is 44. The first-order valence-corrected chi connectivity index (χ1v) is 24.9. The van der Waals surface area contributed by atoms with E-state index in [-0.39, 0.29) is 31.1 Å². The number of unbranched alkanes of at least 4 members (excludes halogenated alkanes) is 21. The van der Waals surface area contributed by atoms with Crippen molar-refractivity contribution in [3.05, 3.63) is 72.9 Å². The fraction of sp³-hybridized carbons (Fsp3) is 0.722. The van der Waals surface area contributed by atoms with Gasteiger partial charge in [0.1, 0.15) is 13.2 Å². The Hall–Kier alpha value is -3.15. The summed E-state index contributed by atoms with van der Waals surface area (Å²) in [5, 5.41) is 0. The second-order valence-electron chi connectivity index (χ2n) is 16.3. The lowest BCUT2D eigenvalue weighted by Crippen LogP contribution is -2.30. The quantitative estimate of drug-likeness (QED) is 0.0263. The third kappa shape index (κ3) is 45.9. The van der Waals surface area contributed by atoms with E-state index >= 15 is 0 Å². The smallest absolute Gasteiger partial charge is 0.306 e. The predicted octanol–water partition coefficient (Wildman–Crippen LogP) is 16.3. The maximum atomic E-state index is 12.8. The molecule has 0 rings (SSSR count). The van der Waals surface area contributed by atoms with Crippen LogP contribution < -0.4 is 0 Å². The van der Waals surface area contributed by atoms with Crippen LogP contribution in [0.2, 0.25) is 0 Å². The molecule has 0 aromatic rings. The van der Waals surface area contributed by atoms with Gasteiger partial charge in [-0.05, 0) is 103 Å². The second kappa shape index (κ2) is 48.5. The molecule has 0 aliphatic carbocycles. The molecule has 0 bridgehead atoms. The molecule has 6 heteroatoms. The zero-order chi connectivity index (χ0) is 43.7. The van der Waals surface area contributed by atoms with Gasteiger partial charge in [0.2, 0.25) is 0 Å². The predicted molar refractivity (Wildman–Crippen MR) is 256 cm³/mol. The van der Waals surface area contributed by atoms with Crippen molar-refractivity contribution in [2.24, 2.45) is 0 Å². The van der Waals surface area contributed by atoms with Gasteiger partial charge in [0.25, 0.3) is 0 Å². The standard InChI is InChI=1S/C54H92O6/c1-4-7-10-13-16-19-22-25-27-30-32-35-38-41-44-47-53(56)59-50-51(49-58-52(55)46-43-40-37-34-31-28-24-21-18-15-12-9-6-3)60-54(57)48-45-42-39-36-33-29-26-23-20-17-14-11-8-5-2/h7,10,14,16-17,19,21,23-27,51H,4-6,8-9,11-13,15,18,20,22,28-50H2,1-3H3/b10-7+,17-14+,19-16+,24-21+,26-23+,27-25+/t51-/m1/s1. The van der Waals surface area contributed by atoms with Crippen molar-refractivity contribution < 1.29 is 28.6 Å². The second-order valence-corrected chi connectivity index (χ2v) is 16.3. The number of hydrogen-bond acceptors (Lipinski definition) is 6. The van der Waals surface area contributed by atoms with Crippen molar-refractivity contribution in [1.29, 1.82) is 0 Å². The Kier molecular flexibility index (Phi) is 46.0. The van der Waals surface area contributed by atoms with Crippen LogP contribution >= 0.6 is 0 Å². The van der Waals surface area contributed by atoms with Gasteiger partial charge in [-0.3, -0.25) is 14.4 Å². The molecule has 0 saturated heterocycles. The Balaban J connectivity index is 4.45. The number of carbonyl (C=O) groups excluding carboxylic acids is 3. The molecular weight excluding hydrogens is 745 g/mol. The summed E-state index contributed by atoms with van der Waals surface area (Å²) in [6, 6.07) is 0. The molecule has 0 unspecified atom stereocenters. The number of carbonyl (C=O) groups is 3. The first-order valence-electron chi connectivity index (χ1n) is 24.9. The fourth-order valence-electron chi connectivity index (χ4n) is 6.64. The minimum absolute atomic E-state index is 0.0915. The molecule has 0 fully saturated rings. The monoisotopic (exact) mass is 837 g/mol. The van der Waals surface area contributed by atoms with Crippen LogP contribution in [0.5, 0.6) is 0 Å². The largest absolute Gasteiger partial charge is 0.462 e. The summed E-state index contributed by atoms with van der Waals surface area (Å²) in [6.07, 6.45) is 60.2. The SMILES string of the molecule is CC/C=C/C/C=C/C/C=C/CCCCCCCC(=O)OC[C@@H](COC(=O)CCCCCCC/C=C/CCCCCC)OC(=O)CCCCCCC/C=C/C/C=C/CCCC. The molecule has 0 aliphatic rings. The first-order chi connectivity index (χ1) is 29.5. The van der Waals surface area contributed by atoms with Crippen molar-refractivity contribution >= 4 is 17.9 Å². The van der Waals surface area contributed by atoms with E-state index in [1.54, 1.807) is 0 Å². The maximum absolute atomic E-state index is 12.8. The lowest BCUT2D eigenvalue weighted by molar-refractivity contribution is -0.167. The molecule has 60 heavy (non-hydrogen) atoms. The summed E-state index contributed by atoms with van der Waals surface area (Å²) in [5.41, 5.74) is 0. The van der Waals surface area contributed by atoms with Crippen molar-refractivity contribution in [3.63, 3.8) is 0 Å². The molecule has 0 aromatic carbocycles. The topological polar surface area (TPSA) is 78.9 Å². The van der Waals surface area contributed by atoms with Crippen LogP contribution in [0.25, 0.3) is 0 Å². The van der Waals surface area contributed by atoms with Crippen molar-refractivity contribution in [1.82, 2.24) is 0 Å². The average molecular weight is 837 g/mol. The zero-order valence-corrected chi connectivity index (χ0v) is 39.2. The van der Waals surface area contributed by atoms with E-state index in [0.717, 1.165) is 128 Å². The molecule has 6 nitrogen and oxygen atoms in total. The molecule has 0 amide bonds. The van der Waals surface area contributed by atoms with Gasteiger partial charge in [0.05, 0.1) is 0 Å². The van der Waals surface area contributed by atoms with Crippen LogP contribution in [0, 0.1) is 0 Å². The molecule has 344 valence electrons. The molecule has 0 saturated carbocycles. The maximum Gasteiger partial charge on any atom is 0.306 e. The number of hydrogen-bond donors (Lipinski definition) is 0. The van der Waals surface area contributed by atoms with Gasteiger partial charge in [-0.25, -0.2) is 0 Å². The molecule has 0 N–H and O–H groups in total. The Morgan fingerprint density at radius 2 is 0.667 bits per heavy atom. The lowest BCUT2D eigenvalue weighted by Gasteiger charge is -2.18. The molecule has 0 heterocycles. The van der Waals surface area contributed by atoms with Gasteiger partial charge >= 0.3 is 17.9 Å². The van der Waals surface area contributed by atoms with E-state index < -0.39 is 6.10 Å². The van der Waals surface area contributed by atoms with Gasteiger partial charge in [-0.2, -0.15) is 0 Å². The number of allylic oxidation sites excluding steroid dienone is 12. The van der Waals surface area contributed by atoms with Crippen LogP contribution in [0.3, 0.4) is 0 Å². The highest BCUT2D eigenvalue weighted by Crippen LogP contribution is 2.13. The molecular formula is C54H92O6. The van der Waals surface area contributed by atoms with Gasteiger partial charge in [0.15, 0.2) is 6.10 Å². The molecule has 0 spiro atoms. The summed E-state index contributed by atoms with van der Waals surface area (Å²) in [6.45, 7) is 6.43. The Morgan fingerprint density at radius 3 is 1.08 bits per heavy atom. The summed E-state index contributed by atoms with van der Waals surface area (Å²) in [5.74, 6) is -0.932. The first kappa shape index (κ1) is 56.9. The van der Waals surface area contributed by atoms with Gasteiger partial charge in [-0.15, -0.1) is 0 Å². The minimum atomic E-state index is -0.792. The molecule has 0 aliphatic heterocycles. The molecule has 0 radical (unpaired) electrons. The Morgan fingerprint density at radius 1 is 0.350 bits per heavy atom. The third-order valence-electron chi connectivity index (χ3n) is 10.4. The van der Waals surface area contributed by atoms with E-state index in [1.807, 2.05) is 0 Å². The minimum Gasteiger partial charge on any atom is -0.462 e. The van der Waals surface area contributed by atoms with Crippen LogP contribution in [-0.4, -0.2) is 37.2 Å². The van der Waals surface area contributed by atoms with Crippen molar-refractivity contribution in [2.75, 3.05) is 13.2 Å². The number of ether oxygens (including phenoxy) is 3. The van der Waals surface area contributed by atoms with Crippen LogP contribution in [0.1, 0.15) is 233 Å². The highest BCUT2D eigenvalue weighted by molar-refractivity contribution is 5.71. The van der Waals surface area contributed by atoms with E-state index in [4.69, 9.17) is 14.2 Å². The highest BCUT2D eigenvalue weighted by Gasteiger charge is 2.19. The normalized spacial score (nSPS) is 12.7. The highest BCUT2D eigenvalue weighted by atomic mass is 16.6. The van der Waals surface area contributed by atoms with E-state index in [1.165, 1.54) is 64.2 Å². The lowest BCUT2D eigenvalue weighted by atomic mass is 10.1. The fourth-order valence-corrected chi connectivity index (χ4v) is 6.64. The van der Waals surface area contributed by atoms with E-state index in [2.05, 4.69) is 93.7 Å². The Labute approximate surface area is 370 Å². The zero-order valence-electron chi connectivity index (χ0n) is 39.2. The molecule has 1 atom stereocenters. The summed E-state index contributed by atoms with van der Waals surface area (Å²) in [4.78, 5) is 37.9. The summed E-state index contributed by atoms with van der Waals surface area (Å²) >= 11 is 0. The Bertz CT molecular complexity index is 1140. The third-order valence-corrected chi connectivity index (χ3v) is 10.4. The van der Waals surface area contributed by atoms with E-state index in [0.29, 0.717) is 19.3 Å². The van der Waals surface area contributed by atoms with Gasteiger partial charge < -0.3 is 14.2 Å². The van der Waals surface area contributed by atoms with Gasteiger partial charge in [-0.1, -0.05) is 184 Å². The van der Waals surface area contributed by atoms with Crippen LogP contribution in [-0.2, 0) is 28.6 Å². The average Bonchev–Trinajstić information content (AvgIpc) is 3.24. The van der Waals surface area contributed by atoms with Crippen molar-refractivity contribution in [2.45, 2.75) is 239 Å². The number of esters is 3.